The van der Waals surface area contributed by atoms with Gasteiger partial charge in [-0.1, -0.05) is 25.5 Å². The summed E-state index contributed by atoms with van der Waals surface area (Å²) in [6.45, 7) is 3.83. The number of benzene rings is 1. The van der Waals surface area contributed by atoms with E-state index in [4.69, 9.17) is 4.74 Å². The predicted octanol–water partition coefficient (Wildman–Crippen LogP) is 2.20. The van der Waals surface area contributed by atoms with Crippen LogP contribution in [-0.2, 0) is 6.42 Å². The van der Waals surface area contributed by atoms with Crippen molar-refractivity contribution in [3.8, 4) is 5.75 Å². The lowest BCUT2D eigenvalue weighted by atomic mass is 10.1. The molecule has 1 rings (SSSR count). The number of rotatable bonds is 7. The molecule has 0 radical (unpaired) electrons. The summed E-state index contributed by atoms with van der Waals surface area (Å²) in [5, 5.41) is 6.23. The van der Waals surface area contributed by atoms with Crippen LogP contribution in [-0.4, -0.2) is 33.2 Å². The van der Waals surface area contributed by atoms with E-state index in [1.165, 1.54) is 5.56 Å². The first-order valence-corrected chi connectivity index (χ1v) is 6.90. The minimum Gasteiger partial charge on any atom is -0.494 e. The predicted molar refractivity (Wildman–Crippen MR) is 81.0 cm³/mol. The first kappa shape index (κ1) is 15.3. The van der Waals surface area contributed by atoms with Crippen molar-refractivity contribution in [3.05, 3.63) is 29.8 Å². The SMILES string of the molecule is CCCCOc1ccc(CCNC(=NC)NC)cc1. The van der Waals surface area contributed by atoms with Crippen LogP contribution in [0.5, 0.6) is 5.75 Å². The van der Waals surface area contributed by atoms with E-state index in [0.29, 0.717) is 0 Å². The number of nitrogens with zero attached hydrogens (tertiary/aromatic N) is 1. The molecule has 4 heteroatoms. The number of nitrogens with one attached hydrogen (secondary N) is 2. The third-order valence-electron chi connectivity index (χ3n) is 2.86. The Balaban J connectivity index is 2.31. The minimum absolute atomic E-state index is 0.801. The van der Waals surface area contributed by atoms with Gasteiger partial charge in [0.25, 0.3) is 0 Å². The second-order valence-corrected chi connectivity index (χ2v) is 4.34. The Kier molecular flexibility index (Phi) is 7.47. The maximum Gasteiger partial charge on any atom is 0.190 e. The Morgan fingerprint density at radius 3 is 2.58 bits per heavy atom. The minimum atomic E-state index is 0.801. The van der Waals surface area contributed by atoms with Gasteiger partial charge in [0.15, 0.2) is 5.96 Å². The molecule has 0 heterocycles. The fraction of sp³-hybridized carbons (Fsp3) is 0.533. The number of ether oxygens (including phenoxy) is 1. The van der Waals surface area contributed by atoms with E-state index < -0.39 is 0 Å². The van der Waals surface area contributed by atoms with Crippen LogP contribution in [0.4, 0.5) is 0 Å². The van der Waals surface area contributed by atoms with E-state index in [-0.39, 0.29) is 0 Å². The van der Waals surface area contributed by atoms with Crippen molar-refractivity contribution in [1.82, 2.24) is 10.6 Å². The van der Waals surface area contributed by atoms with Gasteiger partial charge in [-0.05, 0) is 30.5 Å². The lowest BCUT2D eigenvalue weighted by Gasteiger charge is -2.09. The van der Waals surface area contributed by atoms with Crippen molar-refractivity contribution in [3.63, 3.8) is 0 Å². The van der Waals surface area contributed by atoms with Crippen LogP contribution >= 0.6 is 0 Å². The van der Waals surface area contributed by atoms with Crippen LogP contribution < -0.4 is 15.4 Å². The molecule has 0 aliphatic heterocycles. The van der Waals surface area contributed by atoms with Gasteiger partial charge in [0, 0.05) is 20.6 Å². The van der Waals surface area contributed by atoms with Crippen molar-refractivity contribution in [1.29, 1.82) is 0 Å². The Hall–Kier alpha value is -1.71. The highest BCUT2D eigenvalue weighted by Crippen LogP contribution is 2.12. The van der Waals surface area contributed by atoms with E-state index in [0.717, 1.165) is 44.1 Å². The summed E-state index contributed by atoms with van der Waals surface area (Å²) in [7, 11) is 3.62. The molecule has 1 aromatic carbocycles. The summed E-state index contributed by atoms with van der Waals surface area (Å²) in [4.78, 5) is 4.07. The van der Waals surface area contributed by atoms with E-state index in [9.17, 15) is 0 Å². The maximum atomic E-state index is 5.63. The summed E-state index contributed by atoms with van der Waals surface area (Å²) in [6, 6.07) is 8.31. The lowest BCUT2D eigenvalue weighted by Crippen LogP contribution is -2.35. The van der Waals surface area contributed by atoms with Crippen LogP contribution in [0.15, 0.2) is 29.3 Å². The third-order valence-corrected chi connectivity index (χ3v) is 2.86. The molecule has 0 amide bonds. The van der Waals surface area contributed by atoms with E-state index in [1.807, 2.05) is 19.2 Å². The topological polar surface area (TPSA) is 45.6 Å². The van der Waals surface area contributed by atoms with Gasteiger partial charge in [-0.3, -0.25) is 4.99 Å². The van der Waals surface area contributed by atoms with Crippen molar-refractivity contribution in [2.45, 2.75) is 26.2 Å². The largest absolute Gasteiger partial charge is 0.494 e. The van der Waals surface area contributed by atoms with Gasteiger partial charge < -0.3 is 15.4 Å². The Bertz CT molecular complexity index is 373. The average Bonchev–Trinajstić information content (AvgIpc) is 2.45. The maximum absolute atomic E-state index is 5.63. The molecule has 1 aromatic rings. The van der Waals surface area contributed by atoms with Crippen LogP contribution in [0.1, 0.15) is 25.3 Å². The number of guanidine groups is 1. The van der Waals surface area contributed by atoms with Crippen LogP contribution in [0.2, 0.25) is 0 Å². The fourth-order valence-corrected chi connectivity index (χ4v) is 1.69. The second kappa shape index (κ2) is 9.25. The molecule has 19 heavy (non-hydrogen) atoms. The normalized spacial score (nSPS) is 11.2. The van der Waals surface area contributed by atoms with Crippen molar-refractivity contribution < 1.29 is 4.74 Å². The first-order valence-electron chi connectivity index (χ1n) is 6.90. The number of unbranched alkanes of at least 4 members (excludes halogenated alkanes) is 1. The van der Waals surface area contributed by atoms with Gasteiger partial charge in [-0.25, -0.2) is 0 Å². The molecule has 106 valence electrons. The van der Waals surface area contributed by atoms with Gasteiger partial charge in [0.2, 0.25) is 0 Å². The van der Waals surface area contributed by atoms with Gasteiger partial charge in [0.1, 0.15) is 5.75 Å². The van der Waals surface area contributed by atoms with Crippen molar-refractivity contribution >= 4 is 5.96 Å². The molecule has 0 fully saturated rings. The summed E-state index contributed by atoms with van der Waals surface area (Å²) in [6.07, 6.45) is 3.24. The van der Waals surface area contributed by atoms with Crippen LogP contribution in [0.3, 0.4) is 0 Å². The summed E-state index contributed by atoms with van der Waals surface area (Å²) in [5.41, 5.74) is 1.29. The Morgan fingerprint density at radius 1 is 1.26 bits per heavy atom. The van der Waals surface area contributed by atoms with Crippen LogP contribution in [0.25, 0.3) is 0 Å². The molecule has 0 unspecified atom stereocenters. The highest BCUT2D eigenvalue weighted by molar-refractivity contribution is 5.79. The molecular formula is C15H25N3O. The number of hydrogen-bond donors (Lipinski definition) is 2. The summed E-state index contributed by atoms with van der Waals surface area (Å²) < 4.78 is 5.63. The molecular weight excluding hydrogens is 238 g/mol. The molecule has 0 saturated carbocycles. The zero-order chi connectivity index (χ0) is 13.9. The smallest absolute Gasteiger partial charge is 0.190 e. The average molecular weight is 263 g/mol. The van der Waals surface area contributed by atoms with E-state index >= 15 is 0 Å². The third kappa shape index (κ3) is 6.13. The molecule has 4 nitrogen and oxygen atoms in total. The van der Waals surface area contributed by atoms with Gasteiger partial charge in [-0.15, -0.1) is 0 Å². The fourth-order valence-electron chi connectivity index (χ4n) is 1.69. The number of aliphatic imine (C=N–C) groups is 1. The standard InChI is InChI=1S/C15H25N3O/c1-4-5-12-19-14-8-6-13(7-9-14)10-11-18-15(16-2)17-3/h6-9H,4-5,10-12H2,1-3H3,(H2,16,17,18). The molecule has 0 aliphatic rings. The molecule has 2 N–H and O–H groups in total. The van der Waals surface area contributed by atoms with Crippen LogP contribution in [0, 0.1) is 0 Å². The van der Waals surface area contributed by atoms with Gasteiger partial charge in [0.05, 0.1) is 6.61 Å². The van der Waals surface area contributed by atoms with Gasteiger partial charge >= 0.3 is 0 Å². The quantitative estimate of drug-likeness (QED) is 0.450. The van der Waals surface area contributed by atoms with Crippen molar-refractivity contribution in [2.75, 3.05) is 27.2 Å². The van der Waals surface area contributed by atoms with Gasteiger partial charge in [-0.2, -0.15) is 0 Å². The molecule has 0 aromatic heterocycles. The highest BCUT2D eigenvalue weighted by Gasteiger charge is 1.97. The Morgan fingerprint density at radius 2 is 2.00 bits per heavy atom. The molecule has 0 spiro atoms. The zero-order valence-electron chi connectivity index (χ0n) is 12.2. The monoisotopic (exact) mass is 263 g/mol. The van der Waals surface area contributed by atoms with Crippen molar-refractivity contribution in [2.24, 2.45) is 4.99 Å². The molecule has 0 atom stereocenters. The Labute approximate surface area is 116 Å². The zero-order valence-corrected chi connectivity index (χ0v) is 12.2. The highest BCUT2D eigenvalue weighted by atomic mass is 16.5. The van der Waals surface area contributed by atoms with E-state index in [1.54, 1.807) is 7.05 Å². The molecule has 0 bridgehead atoms. The second-order valence-electron chi connectivity index (χ2n) is 4.34. The first-order chi connectivity index (χ1) is 9.30. The summed E-state index contributed by atoms with van der Waals surface area (Å²) >= 11 is 0. The van der Waals surface area contributed by atoms with E-state index in [2.05, 4.69) is 34.7 Å². The molecule has 0 saturated heterocycles. The molecule has 0 aliphatic carbocycles. The number of hydrogen-bond acceptors (Lipinski definition) is 2. The lowest BCUT2D eigenvalue weighted by molar-refractivity contribution is 0.309. The summed E-state index contributed by atoms with van der Waals surface area (Å²) in [5.74, 6) is 1.77.